The lowest BCUT2D eigenvalue weighted by Crippen LogP contribution is -2.33. The number of alkyl carbamates (subject to hydrolysis) is 1. The normalized spacial score (nSPS) is 18.4. The Morgan fingerprint density at radius 1 is 1.21 bits per heavy atom. The quantitative estimate of drug-likeness (QED) is 0.559. The molecule has 1 aromatic carbocycles. The number of ether oxygens (including phenoxy) is 2. The number of halogens is 2. The molecule has 3 aromatic rings. The molecule has 4 rings (SSSR count). The summed E-state index contributed by atoms with van der Waals surface area (Å²) in [4.78, 5) is 22.3. The predicted octanol–water partition coefficient (Wildman–Crippen LogP) is 3.52. The highest BCUT2D eigenvalue weighted by Gasteiger charge is 2.33. The van der Waals surface area contributed by atoms with Gasteiger partial charge in [-0.1, -0.05) is 30.3 Å². The monoisotopic (exact) mass is 456 g/mol. The second-order valence-electron chi connectivity index (χ2n) is 8.03. The van der Waals surface area contributed by atoms with Crippen LogP contribution >= 0.6 is 0 Å². The van der Waals surface area contributed by atoms with E-state index in [2.05, 4.69) is 15.3 Å². The molecule has 1 aliphatic rings. The Hall–Kier alpha value is -3.33. The SMILES string of the molecule is COc1ccc2ncc(F)c(CCN3C[C@@H](CNC(=O)OCc4ccccc4)[C@H](F)C3)c2n1. The van der Waals surface area contributed by atoms with Crippen LogP contribution in [0, 0.1) is 11.7 Å². The fraction of sp³-hybridized carbons (Fsp3) is 0.375. The molecule has 1 saturated heterocycles. The fourth-order valence-corrected chi connectivity index (χ4v) is 3.98. The van der Waals surface area contributed by atoms with Gasteiger partial charge in [-0.25, -0.2) is 18.6 Å². The second kappa shape index (κ2) is 10.5. The maximum atomic E-state index is 14.5. The van der Waals surface area contributed by atoms with E-state index in [1.807, 2.05) is 35.2 Å². The van der Waals surface area contributed by atoms with Gasteiger partial charge in [-0.2, -0.15) is 0 Å². The molecule has 1 amide bonds. The first kappa shape index (κ1) is 22.8. The first-order valence-electron chi connectivity index (χ1n) is 10.8. The van der Waals surface area contributed by atoms with Gasteiger partial charge in [0.15, 0.2) is 0 Å². The van der Waals surface area contributed by atoms with Gasteiger partial charge in [0.2, 0.25) is 5.88 Å². The molecule has 0 aliphatic carbocycles. The Morgan fingerprint density at radius 3 is 2.82 bits per heavy atom. The smallest absolute Gasteiger partial charge is 0.407 e. The van der Waals surface area contributed by atoms with Crippen LogP contribution in [0.3, 0.4) is 0 Å². The average molecular weight is 456 g/mol. The molecule has 1 N–H and O–H groups in total. The number of hydrogen-bond donors (Lipinski definition) is 1. The Balaban J connectivity index is 1.29. The topological polar surface area (TPSA) is 76.6 Å². The van der Waals surface area contributed by atoms with Crippen molar-refractivity contribution >= 4 is 17.1 Å². The zero-order chi connectivity index (χ0) is 23.2. The van der Waals surface area contributed by atoms with Gasteiger partial charge < -0.3 is 14.8 Å². The van der Waals surface area contributed by atoms with Gasteiger partial charge in [0, 0.05) is 43.7 Å². The maximum Gasteiger partial charge on any atom is 0.407 e. The summed E-state index contributed by atoms with van der Waals surface area (Å²) in [6.07, 6.45) is -0.120. The highest BCUT2D eigenvalue weighted by atomic mass is 19.1. The van der Waals surface area contributed by atoms with Crippen LogP contribution in [0.1, 0.15) is 11.1 Å². The van der Waals surface area contributed by atoms with E-state index in [1.165, 1.54) is 13.3 Å². The van der Waals surface area contributed by atoms with Gasteiger partial charge in [0.05, 0.1) is 24.3 Å². The first-order valence-corrected chi connectivity index (χ1v) is 10.8. The van der Waals surface area contributed by atoms with Crippen molar-refractivity contribution in [3.05, 3.63) is 65.6 Å². The number of benzene rings is 1. The summed E-state index contributed by atoms with van der Waals surface area (Å²) in [7, 11) is 1.50. The molecule has 0 unspecified atom stereocenters. The zero-order valence-corrected chi connectivity index (χ0v) is 18.3. The first-order chi connectivity index (χ1) is 16.0. The minimum absolute atomic E-state index is 0.160. The maximum absolute atomic E-state index is 14.5. The average Bonchev–Trinajstić information content (AvgIpc) is 3.20. The summed E-state index contributed by atoms with van der Waals surface area (Å²) < 4.78 is 39.4. The van der Waals surface area contributed by atoms with Crippen LogP contribution in [0.25, 0.3) is 11.0 Å². The van der Waals surface area contributed by atoms with E-state index in [0.717, 1.165) is 5.56 Å². The molecule has 2 atom stereocenters. The minimum Gasteiger partial charge on any atom is -0.481 e. The largest absolute Gasteiger partial charge is 0.481 e. The van der Waals surface area contributed by atoms with Gasteiger partial charge in [0.25, 0.3) is 0 Å². The lowest BCUT2D eigenvalue weighted by molar-refractivity contribution is 0.136. The van der Waals surface area contributed by atoms with Gasteiger partial charge in [-0.3, -0.25) is 9.88 Å². The molecule has 2 aromatic heterocycles. The van der Waals surface area contributed by atoms with Crippen molar-refractivity contribution in [1.29, 1.82) is 0 Å². The summed E-state index contributed by atoms with van der Waals surface area (Å²) in [5.74, 6) is -0.420. The molecule has 174 valence electrons. The molecule has 9 heteroatoms. The number of methoxy groups -OCH3 is 1. The minimum atomic E-state index is -1.09. The molecule has 0 bridgehead atoms. The van der Waals surface area contributed by atoms with Crippen molar-refractivity contribution in [2.24, 2.45) is 5.92 Å². The van der Waals surface area contributed by atoms with Gasteiger partial charge in [-0.15, -0.1) is 0 Å². The number of nitrogens with one attached hydrogen (secondary N) is 1. The number of aromatic nitrogens is 2. The Labute approximate surface area is 190 Å². The van der Waals surface area contributed by atoms with E-state index < -0.39 is 18.1 Å². The number of fused-ring (bicyclic) bond motifs is 1. The summed E-state index contributed by atoms with van der Waals surface area (Å²) in [6.45, 7) is 1.49. The highest BCUT2D eigenvalue weighted by molar-refractivity contribution is 5.78. The number of pyridine rings is 2. The van der Waals surface area contributed by atoms with Gasteiger partial charge in [0.1, 0.15) is 18.6 Å². The van der Waals surface area contributed by atoms with Crippen molar-refractivity contribution in [3.8, 4) is 5.88 Å². The molecular weight excluding hydrogens is 430 g/mol. The van der Waals surface area contributed by atoms with E-state index in [0.29, 0.717) is 42.0 Å². The number of carbonyl (C=O) groups is 1. The zero-order valence-electron chi connectivity index (χ0n) is 18.3. The lowest BCUT2D eigenvalue weighted by atomic mass is 10.1. The van der Waals surface area contributed by atoms with Crippen LogP contribution in [-0.2, 0) is 17.8 Å². The van der Waals surface area contributed by atoms with Crippen LogP contribution in [-0.4, -0.2) is 60.4 Å². The molecule has 33 heavy (non-hydrogen) atoms. The van der Waals surface area contributed by atoms with E-state index >= 15 is 0 Å². The molecular formula is C24H26F2N4O3. The third-order valence-corrected chi connectivity index (χ3v) is 5.78. The van der Waals surface area contributed by atoms with Crippen LogP contribution in [0.15, 0.2) is 48.7 Å². The summed E-state index contributed by atoms with van der Waals surface area (Å²) in [6, 6.07) is 12.7. The number of rotatable bonds is 8. The standard InChI is InChI=1S/C24H26F2N4O3/c1-32-22-8-7-21-23(29-22)18(19(25)12-27-21)9-10-30-13-17(20(26)14-30)11-28-24(31)33-15-16-5-3-2-4-6-16/h2-8,12,17,20H,9-11,13-15H2,1H3,(H,28,31)/t17-,20-/m1/s1. The molecule has 0 spiro atoms. The summed E-state index contributed by atoms with van der Waals surface area (Å²) >= 11 is 0. The van der Waals surface area contributed by atoms with Crippen molar-refractivity contribution in [1.82, 2.24) is 20.2 Å². The number of likely N-dealkylation sites (tertiary alicyclic amines) is 1. The summed E-state index contributed by atoms with van der Waals surface area (Å²) in [5.41, 5.74) is 2.34. The van der Waals surface area contributed by atoms with Gasteiger partial charge in [-0.05, 0) is 18.1 Å². The summed E-state index contributed by atoms with van der Waals surface area (Å²) in [5, 5.41) is 2.65. The van der Waals surface area contributed by atoms with E-state index in [4.69, 9.17) is 9.47 Å². The number of nitrogens with zero attached hydrogens (tertiary/aromatic N) is 3. The Kier molecular flexibility index (Phi) is 7.29. The number of carbonyl (C=O) groups excluding carboxylic acids is 1. The van der Waals surface area contributed by atoms with Crippen LogP contribution in [0.5, 0.6) is 5.88 Å². The molecule has 0 radical (unpaired) electrons. The van der Waals surface area contributed by atoms with Crippen molar-refractivity contribution < 1.29 is 23.0 Å². The third-order valence-electron chi connectivity index (χ3n) is 5.78. The Morgan fingerprint density at radius 2 is 2.03 bits per heavy atom. The van der Waals surface area contributed by atoms with Crippen LogP contribution in [0.2, 0.25) is 0 Å². The number of alkyl halides is 1. The molecule has 7 nitrogen and oxygen atoms in total. The highest BCUT2D eigenvalue weighted by Crippen LogP contribution is 2.24. The molecule has 1 aliphatic heterocycles. The lowest BCUT2D eigenvalue weighted by Gasteiger charge is -2.16. The third kappa shape index (κ3) is 5.73. The van der Waals surface area contributed by atoms with Crippen molar-refractivity contribution in [2.45, 2.75) is 19.2 Å². The number of amides is 1. The molecule has 3 heterocycles. The predicted molar refractivity (Wildman–Crippen MR) is 119 cm³/mol. The van der Waals surface area contributed by atoms with Crippen LogP contribution in [0.4, 0.5) is 13.6 Å². The van der Waals surface area contributed by atoms with E-state index in [-0.39, 0.29) is 25.6 Å². The molecule has 1 fully saturated rings. The Bertz CT molecular complexity index is 1100. The number of hydrogen-bond acceptors (Lipinski definition) is 6. The second-order valence-corrected chi connectivity index (χ2v) is 8.03. The molecule has 0 saturated carbocycles. The fourth-order valence-electron chi connectivity index (χ4n) is 3.98. The van der Waals surface area contributed by atoms with Crippen molar-refractivity contribution in [2.75, 3.05) is 33.3 Å². The van der Waals surface area contributed by atoms with E-state index in [9.17, 15) is 13.6 Å². The van der Waals surface area contributed by atoms with Gasteiger partial charge >= 0.3 is 6.09 Å². The van der Waals surface area contributed by atoms with Crippen LogP contribution < -0.4 is 10.1 Å². The van der Waals surface area contributed by atoms with Crippen molar-refractivity contribution in [3.63, 3.8) is 0 Å². The van der Waals surface area contributed by atoms with E-state index in [1.54, 1.807) is 12.1 Å².